The van der Waals surface area contributed by atoms with E-state index in [1.54, 1.807) is 6.92 Å². The minimum atomic E-state index is -4.17. The molecule has 0 aromatic carbocycles. The maximum absolute atomic E-state index is 13.6. The van der Waals surface area contributed by atoms with E-state index in [9.17, 15) is 17.9 Å². The summed E-state index contributed by atoms with van der Waals surface area (Å²) in [6.45, 7) is 1.78. The molecular formula is C8H11ClFNO4S. The number of aromatic nitrogens is 1. The maximum atomic E-state index is 13.6. The fourth-order valence-electron chi connectivity index (χ4n) is 1.27. The summed E-state index contributed by atoms with van der Waals surface area (Å²) in [5, 5.41) is 9.44. The summed E-state index contributed by atoms with van der Waals surface area (Å²) in [4.78, 5) is -0.676. The molecule has 0 fully saturated rings. The Morgan fingerprint density at radius 1 is 1.69 bits per heavy atom. The summed E-state index contributed by atoms with van der Waals surface area (Å²) in [7, 11) is 2.23. The minimum Gasteiger partial charge on any atom is -0.363 e. The summed E-state index contributed by atoms with van der Waals surface area (Å²) in [6, 6.07) is 0. The monoisotopic (exact) mass is 271 g/mol. The van der Waals surface area contributed by atoms with Gasteiger partial charge in [-0.05, 0) is 6.92 Å². The number of aryl methyl sites for hydroxylation is 1. The molecule has 1 aromatic heterocycles. The first-order valence-electron chi connectivity index (χ1n) is 4.38. The van der Waals surface area contributed by atoms with Gasteiger partial charge in [0, 0.05) is 30.5 Å². The molecule has 16 heavy (non-hydrogen) atoms. The lowest BCUT2D eigenvalue weighted by atomic mass is 10.4. The first kappa shape index (κ1) is 13.4. The molecule has 0 bridgehead atoms. The Morgan fingerprint density at radius 2 is 2.25 bits per heavy atom. The van der Waals surface area contributed by atoms with Gasteiger partial charge in [-0.3, -0.25) is 0 Å². The van der Waals surface area contributed by atoms with Gasteiger partial charge in [0.2, 0.25) is 0 Å². The second-order valence-electron chi connectivity index (χ2n) is 3.05. The van der Waals surface area contributed by atoms with Crippen LogP contribution in [0.1, 0.15) is 18.9 Å². The van der Waals surface area contributed by atoms with Gasteiger partial charge >= 0.3 is 0 Å². The van der Waals surface area contributed by atoms with Crippen molar-refractivity contribution in [3.05, 3.63) is 17.7 Å². The van der Waals surface area contributed by atoms with Gasteiger partial charge in [-0.2, -0.15) is 0 Å². The normalized spacial score (nSPS) is 14.1. The van der Waals surface area contributed by atoms with E-state index in [1.165, 1.54) is 7.05 Å². The molecule has 1 N–H and O–H groups in total. The molecule has 0 radical (unpaired) electrons. The van der Waals surface area contributed by atoms with Gasteiger partial charge in [0.1, 0.15) is 10.6 Å². The summed E-state index contributed by atoms with van der Waals surface area (Å²) < 4.78 is 41.5. The first-order valence-corrected chi connectivity index (χ1v) is 6.69. The Morgan fingerprint density at radius 3 is 2.62 bits per heavy atom. The molecule has 1 atom stereocenters. The number of rotatable bonds is 4. The van der Waals surface area contributed by atoms with Crippen LogP contribution in [0.5, 0.6) is 0 Å². The van der Waals surface area contributed by atoms with Crippen LogP contribution in [0, 0.1) is 5.82 Å². The van der Waals surface area contributed by atoms with Crippen LogP contribution >= 0.6 is 10.7 Å². The Hall–Kier alpha value is -0.630. The van der Waals surface area contributed by atoms with Gasteiger partial charge < -0.3 is 14.4 Å². The molecule has 1 heterocycles. The van der Waals surface area contributed by atoms with Crippen molar-refractivity contribution in [1.82, 2.24) is 4.57 Å². The van der Waals surface area contributed by atoms with Gasteiger partial charge in [0.25, 0.3) is 9.05 Å². The van der Waals surface area contributed by atoms with Crippen LogP contribution in [0.25, 0.3) is 0 Å². The van der Waals surface area contributed by atoms with Crippen LogP contribution in [0.3, 0.4) is 0 Å². The summed E-state index contributed by atoms with van der Waals surface area (Å²) in [5.41, 5.74) is -0.277. The van der Waals surface area contributed by atoms with Crippen molar-refractivity contribution in [2.45, 2.75) is 18.1 Å². The van der Waals surface area contributed by atoms with E-state index in [0.29, 0.717) is 0 Å². The lowest BCUT2D eigenvalue weighted by Gasteiger charge is -2.11. The third kappa shape index (κ3) is 2.54. The van der Waals surface area contributed by atoms with Gasteiger partial charge in [-0.25, -0.2) is 12.8 Å². The van der Waals surface area contributed by atoms with Crippen LogP contribution in [-0.2, 0) is 20.8 Å². The highest BCUT2D eigenvalue weighted by Gasteiger charge is 2.27. The SMILES string of the molecule is CCOC(O)c1c(F)c(S(=O)(=O)Cl)cn1C. The molecule has 5 nitrogen and oxygen atoms in total. The van der Waals surface area contributed by atoms with Crippen molar-refractivity contribution in [3.63, 3.8) is 0 Å². The molecule has 0 aliphatic rings. The topological polar surface area (TPSA) is 68.5 Å². The predicted octanol–water partition coefficient (Wildman–Crippen LogP) is 1.12. The molecule has 0 spiro atoms. The van der Waals surface area contributed by atoms with E-state index in [0.717, 1.165) is 10.8 Å². The van der Waals surface area contributed by atoms with Crippen LogP contribution in [0.4, 0.5) is 4.39 Å². The summed E-state index contributed by atoms with van der Waals surface area (Å²) >= 11 is 0. The second-order valence-corrected chi connectivity index (χ2v) is 5.58. The largest absolute Gasteiger partial charge is 0.363 e. The molecule has 1 rings (SSSR count). The number of nitrogens with zero attached hydrogens (tertiary/aromatic N) is 1. The highest BCUT2D eigenvalue weighted by molar-refractivity contribution is 8.13. The van der Waals surface area contributed by atoms with Crippen molar-refractivity contribution in [2.75, 3.05) is 6.61 Å². The van der Waals surface area contributed by atoms with Crippen molar-refractivity contribution in [1.29, 1.82) is 0 Å². The van der Waals surface area contributed by atoms with Crippen LogP contribution in [0.15, 0.2) is 11.1 Å². The Kier molecular flexibility index (Phi) is 3.95. The molecule has 0 aliphatic carbocycles. The fraction of sp³-hybridized carbons (Fsp3) is 0.500. The predicted molar refractivity (Wildman–Crippen MR) is 55.0 cm³/mol. The van der Waals surface area contributed by atoms with E-state index in [1.807, 2.05) is 0 Å². The molecule has 92 valence electrons. The van der Waals surface area contributed by atoms with E-state index in [4.69, 9.17) is 15.4 Å². The summed E-state index contributed by atoms with van der Waals surface area (Å²) in [5.74, 6) is -1.10. The van der Waals surface area contributed by atoms with E-state index < -0.39 is 26.1 Å². The lowest BCUT2D eigenvalue weighted by Crippen LogP contribution is -2.09. The zero-order chi connectivity index (χ0) is 12.5. The number of ether oxygens (including phenoxy) is 1. The molecule has 1 aromatic rings. The molecule has 0 aliphatic heterocycles. The van der Waals surface area contributed by atoms with E-state index in [-0.39, 0.29) is 12.3 Å². The minimum absolute atomic E-state index is 0.161. The zero-order valence-corrected chi connectivity index (χ0v) is 10.2. The molecule has 1 unspecified atom stereocenters. The Balaban J connectivity index is 3.28. The van der Waals surface area contributed by atoms with Crippen LogP contribution < -0.4 is 0 Å². The standard InChI is InChI=1S/C8H11ClFNO4S/c1-3-15-8(12)7-6(10)5(4-11(7)2)16(9,13)14/h4,8,12H,3H2,1-2H3. The smallest absolute Gasteiger partial charge is 0.265 e. The van der Waals surface area contributed by atoms with E-state index >= 15 is 0 Å². The molecule has 0 saturated heterocycles. The third-order valence-corrected chi connectivity index (χ3v) is 3.26. The Labute approximate surface area is 96.8 Å². The number of aliphatic hydroxyl groups excluding tert-OH is 1. The molecule has 0 saturated carbocycles. The molecule has 8 heteroatoms. The number of aliphatic hydroxyl groups is 1. The molecular weight excluding hydrogens is 261 g/mol. The molecule has 0 amide bonds. The van der Waals surface area contributed by atoms with Gasteiger partial charge in [0.15, 0.2) is 12.1 Å². The first-order chi connectivity index (χ1) is 7.29. The van der Waals surface area contributed by atoms with Gasteiger partial charge in [-0.15, -0.1) is 0 Å². The van der Waals surface area contributed by atoms with Gasteiger partial charge in [-0.1, -0.05) is 0 Å². The Bertz CT molecular complexity index is 484. The second kappa shape index (κ2) is 4.70. The highest BCUT2D eigenvalue weighted by Crippen LogP contribution is 2.27. The van der Waals surface area contributed by atoms with Crippen molar-refractivity contribution in [3.8, 4) is 0 Å². The quantitative estimate of drug-likeness (QED) is 0.658. The van der Waals surface area contributed by atoms with Crippen molar-refractivity contribution >= 4 is 19.7 Å². The lowest BCUT2D eigenvalue weighted by molar-refractivity contribution is -0.104. The van der Waals surface area contributed by atoms with Crippen LogP contribution in [0.2, 0.25) is 0 Å². The average Bonchev–Trinajstić information content (AvgIpc) is 2.41. The van der Waals surface area contributed by atoms with Crippen LogP contribution in [-0.4, -0.2) is 24.7 Å². The number of halogens is 2. The highest BCUT2D eigenvalue weighted by atomic mass is 35.7. The number of hydrogen-bond acceptors (Lipinski definition) is 4. The van der Waals surface area contributed by atoms with E-state index in [2.05, 4.69) is 0 Å². The zero-order valence-electron chi connectivity index (χ0n) is 8.65. The summed E-state index contributed by atoms with van der Waals surface area (Å²) in [6.07, 6.45) is -0.544. The number of hydrogen-bond donors (Lipinski definition) is 1. The van der Waals surface area contributed by atoms with Crippen molar-refractivity contribution in [2.24, 2.45) is 7.05 Å². The average molecular weight is 272 g/mol. The maximum Gasteiger partial charge on any atom is 0.265 e. The fourth-order valence-corrected chi connectivity index (χ4v) is 2.20. The van der Waals surface area contributed by atoms with Crippen molar-refractivity contribution < 1.29 is 22.7 Å². The van der Waals surface area contributed by atoms with Gasteiger partial charge in [0.05, 0.1) is 0 Å². The third-order valence-electron chi connectivity index (χ3n) is 1.95.